The number of hydrogen-bond donors (Lipinski definition) is 1. The van der Waals surface area contributed by atoms with Crippen molar-refractivity contribution >= 4 is 44.1 Å². The SMILES string of the molecule is O=C(O)C(=O)c1cccc2cc3cc4ccccc4cc3cc12. The van der Waals surface area contributed by atoms with Gasteiger partial charge in [0.25, 0.3) is 5.78 Å². The van der Waals surface area contributed by atoms with E-state index in [9.17, 15) is 9.59 Å². The van der Waals surface area contributed by atoms with E-state index in [2.05, 4.69) is 18.2 Å². The second-order valence-electron chi connectivity index (χ2n) is 5.56. The van der Waals surface area contributed by atoms with E-state index < -0.39 is 11.8 Å². The first-order valence-electron chi connectivity index (χ1n) is 7.26. The smallest absolute Gasteiger partial charge is 0.377 e. The van der Waals surface area contributed by atoms with E-state index in [1.807, 2.05) is 36.4 Å². The van der Waals surface area contributed by atoms with Crippen LogP contribution in [0.3, 0.4) is 0 Å². The van der Waals surface area contributed by atoms with E-state index in [0.29, 0.717) is 5.39 Å². The Morgan fingerprint density at radius 3 is 1.87 bits per heavy atom. The third-order valence-electron chi connectivity index (χ3n) is 4.14. The molecule has 0 amide bonds. The predicted molar refractivity (Wildman–Crippen MR) is 90.9 cm³/mol. The molecule has 0 heterocycles. The van der Waals surface area contributed by atoms with E-state index in [4.69, 9.17) is 5.11 Å². The fourth-order valence-electron chi connectivity index (χ4n) is 3.03. The van der Waals surface area contributed by atoms with Crippen molar-refractivity contribution in [2.24, 2.45) is 0 Å². The highest BCUT2D eigenvalue weighted by molar-refractivity contribution is 6.42. The lowest BCUT2D eigenvalue weighted by atomic mass is 9.96. The number of ketones is 1. The van der Waals surface area contributed by atoms with Crippen LogP contribution in [0.25, 0.3) is 32.3 Å². The molecule has 3 nitrogen and oxygen atoms in total. The third-order valence-corrected chi connectivity index (χ3v) is 4.14. The van der Waals surface area contributed by atoms with E-state index in [0.717, 1.165) is 26.9 Å². The maximum atomic E-state index is 11.9. The average Bonchev–Trinajstić information content (AvgIpc) is 2.56. The Morgan fingerprint density at radius 1 is 0.652 bits per heavy atom. The molecule has 110 valence electrons. The molecule has 0 spiro atoms. The van der Waals surface area contributed by atoms with Crippen LogP contribution in [0, 0.1) is 0 Å². The number of benzene rings is 4. The van der Waals surface area contributed by atoms with E-state index in [1.54, 1.807) is 12.1 Å². The number of carboxylic acid groups (broad SMARTS) is 1. The van der Waals surface area contributed by atoms with Crippen LogP contribution in [0.15, 0.2) is 66.7 Å². The number of carboxylic acids is 1. The first-order chi connectivity index (χ1) is 11.1. The maximum Gasteiger partial charge on any atom is 0.377 e. The third kappa shape index (κ3) is 2.14. The van der Waals surface area contributed by atoms with Gasteiger partial charge in [0.15, 0.2) is 0 Å². The van der Waals surface area contributed by atoms with Crippen LogP contribution in [0.1, 0.15) is 10.4 Å². The topological polar surface area (TPSA) is 54.4 Å². The highest BCUT2D eigenvalue weighted by Crippen LogP contribution is 2.29. The molecule has 0 aliphatic rings. The summed E-state index contributed by atoms with van der Waals surface area (Å²) >= 11 is 0. The minimum absolute atomic E-state index is 0.227. The highest BCUT2D eigenvalue weighted by atomic mass is 16.4. The lowest BCUT2D eigenvalue weighted by Crippen LogP contribution is -2.12. The van der Waals surface area contributed by atoms with Crippen molar-refractivity contribution in [3.05, 3.63) is 72.3 Å². The van der Waals surface area contributed by atoms with Crippen LogP contribution >= 0.6 is 0 Å². The Morgan fingerprint density at radius 2 is 1.22 bits per heavy atom. The Kier molecular flexibility index (Phi) is 2.88. The molecule has 23 heavy (non-hydrogen) atoms. The standard InChI is InChI=1S/C20H12O3/c21-19(20(22)23)17-7-3-6-14-10-15-8-12-4-1-2-5-13(12)9-16(15)11-18(14)17/h1-11H,(H,22,23). The van der Waals surface area contributed by atoms with Crippen molar-refractivity contribution in [2.45, 2.75) is 0 Å². The summed E-state index contributed by atoms with van der Waals surface area (Å²) in [7, 11) is 0. The number of hydrogen-bond acceptors (Lipinski definition) is 2. The minimum Gasteiger partial charge on any atom is -0.475 e. The molecule has 0 saturated carbocycles. The summed E-state index contributed by atoms with van der Waals surface area (Å²) in [5.41, 5.74) is 0.227. The molecule has 0 unspecified atom stereocenters. The molecule has 0 aromatic heterocycles. The van der Waals surface area contributed by atoms with Gasteiger partial charge >= 0.3 is 5.97 Å². The van der Waals surface area contributed by atoms with Crippen molar-refractivity contribution in [3.63, 3.8) is 0 Å². The van der Waals surface area contributed by atoms with Crippen molar-refractivity contribution < 1.29 is 14.7 Å². The van der Waals surface area contributed by atoms with Gasteiger partial charge in [-0.1, -0.05) is 42.5 Å². The van der Waals surface area contributed by atoms with Crippen LogP contribution in [0.2, 0.25) is 0 Å². The number of carbonyl (C=O) groups is 2. The molecular weight excluding hydrogens is 288 g/mol. The van der Waals surface area contributed by atoms with Gasteiger partial charge in [0.1, 0.15) is 0 Å². The van der Waals surface area contributed by atoms with Gasteiger partial charge in [-0.2, -0.15) is 0 Å². The second kappa shape index (κ2) is 4.92. The van der Waals surface area contributed by atoms with E-state index >= 15 is 0 Å². The Hall–Kier alpha value is -3.20. The average molecular weight is 300 g/mol. The summed E-state index contributed by atoms with van der Waals surface area (Å²) < 4.78 is 0. The molecule has 0 atom stereocenters. The number of fused-ring (bicyclic) bond motifs is 3. The predicted octanol–water partition coefficient (Wildman–Crippen LogP) is 4.41. The summed E-state index contributed by atoms with van der Waals surface area (Å²) in [6.45, 7) is 0. The summed E-state index contributed by atoms with van der Waals surface area (Å²) in [5.74, 6) is -2.31. The van der Waals surface area contributed by atoms with Crippen molar-refractivity contribution in [3.8, 4) is 0 Å². The Bertz CT molecular complexity index is 1110. The Balaban J connectivity index is 2.09. The van der Waals surface area contributed by atoms with Crippen LogP contribution in [0.5, 0.6) is 0 Å². The molecule has 0 saturated heterocycles. The van der Waals surface area contributed by atoms with Gasteiger partial charge in [0, 0.05) is 5.56 Å². The molecule has 0 aliphatic carbocycles. The molecule has 4 rings (SSSR count). The first kappa shape index (κ1) is 13.5. The molecular formula is C20H12O3. The maximum absolute atomic E-state index is 11.9. The monoisotopic (exact) mass is 300 g/mol. The van der Waals surface area contributed by atoms with Crippen molar-refractivity contribution in [2.75, 3.05) is 0 Å². The van der Waals surface area contributed by atoms with Crippen LogP contribution in [-0.2, 0) is 4.79 Å². The largest absolute Gasteiger partial charge is 0.475 e. The van der Waals surface area contributed by atoms with E-state index in [1.165, 1.54) is 0 Å². The summed E-state index contributed by atoms with van der Waals surface area (Å²) in [6.07, 6.45) is 0. The summed E-state index contributed by atoms with van der Waals surface area (Å²) in [4.78, 5) is 22.9. The van der Waals surface area contributed by atoms with Gasteiger partial charge in [-0.15, -0.1) is 0 Å². The zero-order valence-electron chi connectivity index (χ0n) is 12.1. The number of Topliss-reactive ketones (excluding diaryl/α,β-unsaturated/α-hetero) is 1. The molecule has 0 bridgehead atoms. The molecule has 3 heteroatoms. The number of aliphatic carboxylic acids is 1. The Labute approximate surface area is 131 Å². The van der Waals surface area contributed by atoms with Gasteiger partial charge in [-0.3, -0.25) is 4.79 Å². The number of rotatable bonds is 2. The van der Waals surface area contributed by atoms with Crippen LogP contribution < -0.4 is 0 Å². The molecule has 0 radical (unpaired) electrons. The normalized spacial score (nSPS) is 11.1. The molecule has 4 aromatic carbocycles. The van der Waals surface area contributed by atoms with Crippen LogP contribution in [-0.4, -0.2) is 16.9 Å². The lowest BCUT2D eigenvalue weighted by Gasteiger charge is -2.07. The van der Waals surface area contributed by atoms with E-state index in [-0.39, 0.29) is 5.56 Å². The van der Waals surface area contributed by atoms with Gasteiger partial charge in [-0.05, 0) is 56.6 Å². The summed E-state index contributed by atoms with van der Waals surface area (Å²) in [5, 5.41) is 14.8. The zero-order chi connectivity index (χ0) is 16.0. The van der Waals surface area contributed by atoms with Crippen molar-refractivity contribution in [1.82, 2.24) is 0 Å². The molecule has 0 fully saturated rings. The zero-order valence-corrected chi connectivity index (χ0v) is 12.1. The van der Waals surface area contributed by atoms with Crippen LogP contribution in [0.4, 0.5) is 0 Å². The fourth-order valence-corrected chi connectivity index (χ4v) is 3.03. The fraction of sp³-hybridized carbons (Fsp3) is 0. The minimum atomic E-state index is -1.43. The first-order valence-corrected chi connectivity index (χ1v) is 7.26. The summed E-state index contributed by atoms with van der Waals surface area (Å²) in [6, 6.07) is 21.3. The lowest BCUT2D eigenvalue weighted by molar-refractivity contribution is -0.131. The highest BCUT2D eigenvalue weighted by Gasteiger charge is 2.17. The van der Waals surface area contributed by atoms with Gasteiger partial charge < -0.3 is 5.11 Å². The quantitative estimate of drug-likeness (QED) is 0.339. The molecule has 4 aromatic rings. The van der Waals surface area contributed by atoms with Gasteiger partial charge in [0.05, 0.1) is 0 Å². The molecule has 0 aliphatic heterocycles. The van der Waals surface area contributed by atoms with Crippen molar-refractivity contribution in [1.29, 1.82) is 0 Å². The number of carbonyl (C=O) groups excluding carboxylic acids is 1. The second-order valence-corrected chi connectivity index (χ2v) is 5.56. The van der Waals surface area contributed by atoms with Gasteiger partial charge in [-0.25, -0.2) is 4.79 Å². The van der Waals surface area contributed by atoms with Gasteiger partial charge in [0.2, 0.25) is 0 Å². The molecule has 1 N–H and O–H groups in total.